The normalized spacial score (nSPS) is 10.8. The number of anilines is 1. The molecule has 0 unspecified atom stereocenters. The number of hydrogen-bond donors (Lipinski definition) is 1. The minimum absolute atomic E-state index is 0.178. The van der Waals surface area contributed by atoms with E-state index in [-0.39, 0.29) is 6.04 Å². The van der Waals surface area contributed by atoms with E-state index in [0.717, 1.165) is 28.2 Å². The third-order valence-corrected chi connectivity index (χ3v) is 4.68. The van der Waals surface area contributed by atoms with Crippen LogP contribution in [0.15, 0.2) is 71.4 Å². The van der Waals surface area contributed by atoms with Gasteiger partial charge in [-0.3, -0.25) is 0 Å². The van der Waals surface area contributed by atoms with Gasteiger partial charge < -0.3 is 19.3 Å². The van der Waals surface area contributed by atoms with Crippen LogP contribution in [0.25, 0.3) is 11.5 Å². The first-order valence-electron chi connectivity index (χ1n) is 9.47. The highest BCUT2D eigenvalue weighted by Gasteiger charge is 2.17. The minimum atomic E-state index is -0.178. The number of rotatable bonds is 7. The molecule has 0 bridgehead atoms. The molecule has 1 N–H and O–H groups in total. The Bertz CT molecular complexity index is 1100. The molecule has 0 radical (unpaired) electrons. The van der Waals surface area contributed by atoms with Crippen LogP contribution in [-0.4, -0.2) is 29.3 Å². The number of pyridine rings is 1. The van der Waals surface area contributed by atoms with E-state index in [9.17, 15) is 0 Å². The molecule has 152 valence electrons. The van der Waals surface area contributed by atoms with Crippen molar-refractivity contribution >= 4 is 5.82 Å². The molecule has 4 aromatic rings. The van der Waals surface area contributed by atoms with Gasteiger partial charge in [0.2, 0.25) is 0 Å². The quantitative estimate of drug-likeness (QED) is 0.481. The molecule has 0 aliphatic heterocycles. The Morgan fingerprint density at radius 1 is 0.900 bits per heavy atom. The second kappa shape index (κ2) is 8.65. The summed E-state index contributed by atoms with van der Waals surface area (Å²) in [6.07, 6.45) is 1.71. The van der Waals surface area contributed by atoms with Gasteiger partial charge >= 0.3 is 0 Å². The van der Waals surface area contributed by atoms with Gasteiger partial charge in [0.15, 0.2) is 5.82 Å². The van der Waals surface area contributed by atoms with Crippen molar-refractivity contribution in [1.29, 1.82) is 0 Å². The third-order valence-electron chi connectivity index (χ3n) is 4.68. The van der Waals surface area contributed by atoms with Crippen molar-refractivity contribution < 1.29 is 14.0 Å². The summed E-state index contributed by atoms with van der Waals surface area (Å²) in [5.74, 6) is 3.29. The van der Waals surface area contributed by atoms with Crippen LogP contribution in [0, 0.1) is 6.92 Å². The van der Waals surface area contributed by atoms with Gasteiger partial charge in [-0.15, -0.1) is 0 Å². The molecule has 2 aromatic carbocycles. The zero-order valence-electron chi connectivity index (χ0n) is 17.0. The van der Waals surface area contributed by atoms with Gasteiger partial charge in [-0.25, -0.2) is 4.98 Å². The molecule has 0 spiro atoms. The Balaban J connectivity index is 1.73. The third kappa shape index (κ3) is 4.25. The molecule has 7 heteroatoms. The van der Waals surface area contributed by atoms with Gasteiger partial charge in [-0.2, -0.15) is 4.98 Å². The second-order valence-electron chi connectivity index (χ2n) is 6.71. The monoisotopic (exact) mass is 402 g/mol. The van der Waals surface area contributed by atoms with Crippen LogP contribution >= 0.6 is 0 Å². The van der Waals surface area contributed by atoms with Crippen molar-refractivity contribution in [3.8, 4) is 23.0 Å². The van der Waals surface area contributed by atoms with Crippen LogP contribution in [0.1, 0.15) is 23.0 Å². The van der Waals surface area contributed by atoms with E-state index >= 15 is 0 Å². The number of aryl methyl sites for hydroxylation is 1. The van der Waals surface area contributed by atoms with Crippen molar-refractivity contribution in [3.05, 3.63) is 83.8 Å². The summed E-state index contributed by atoms with van der Waals surface area (Å²) in [5.41, 5.74) is 2.86. The van der Waals surface area contributed by atoms with Gasteiger partial charge in [-0.1, -0.05) is 29.4 Å². The molecule has 0 atom stereocenters. The van der Waals surface area contributed by atoms with E-state index in [1.54, 1.807) is 27.3 Å². The SMILES string of the molecule is COc1cccc(C(Nc2cc(-c3nc(C)no3)ccn2)c2cccc(OC)c2)c1. The van der Waals surface area contributed by atoms with Gasteiger partial charge in [0, 0.05) is 11.8 Å². The molecule has 0 aliphatic rings. The summed E-state index contributed by atoms with van der Waals surface area (Å²) in [5, 5.41) is 7.38. The first-order valence-corrected chi connectivity index (χ1v) is 9.47. The van der Waals surface area contributed by atoms with Gasteiger partial charge in [0.1, 0.15) is 17.3 Å². The van der Waals surface area contributed by atoms with E-state index in [0.29, 0.717) is 17.5 Å². The highest BCUT2D eigenvalue weighted by Crippen LogP contribution is 2.31. The smallest absolute Gasteiger partial charge is 0.258 e. The molecular weight excluding hydrogens is 380 g/mol. The van der Waals surface area contributed by atoms with Gasteiger partial charge in [0.05, 0.1) is 20.3 Å². The summed E-state index contributed by atoms with van der Waals surface area (Å²) < 4.78 is 16.1. The molecule has 30 heavy (non-hydrogen) atoms. The molecule has 2 aromatic heterocycles. The average Bonchev–Trinajstić information content (AvgIpc) is 3.24. The van der Waals surface area contributed by atoms with Gasteiger partial charge in [0.25, 0.3) is 5.89 Å². The van der Waals surface area contributed by atoms with E-state index in [2.05, 4.69) is 20.4 Å². The zero-order valence-corrected chi connectivity index (χ0v) is 17.0. The molecule has 0 saturated carbocycles. The Hall–Kier alpha value is -3.87. The molecule has 7 nitrogen and oxygen atoms in total. The summed E-state index contributed by atoms with van der Waals surface area (Å²) in [6, 6.07) is 19.4. The average molecular weight is 402 g/mol. The fourth-order valence-corrected chi connectivity index (χ4v) is 3.21. The topological polar surface area (TPSA) is 82.3 Å². The maximum atomic E-state index is 5.42. The van der Waals surface area contributed by atoms with Crippen molar-refractivity contribution in [2.24, 2.45) is 0 Å². The van der Waals surface area contributed by atoms with E-state index in [1.807, 2.05) is 60.7 Å². The molecular formula is C23H22N4O3. The molecule has 4 rings (SSSR count). The van der Waals surface area contributed by atoms with E-state index in [1.165, 1.54) is 0 Å². The number of ether oxygens (including phenoxy) is 2. The van der Waals surface area contributed by atoms with Crippen LogP contribution in [0.4, 0.5) is 5.82 Å². The van der Waals surface area contributed by atoms with Crippen LogP contribution in [-0.2, 0) is 0 Å². The lowest BCUT2D eigenvalue weighted by Gasteiger charge is -2.21. The van der Waals surface area contributed by atoms with Crippen LogP contribution in [0.3, 0.4) is 0 Å². The molecule has 0 fully saturated rings. The van der Waals surface area contributed by atoms with Gasteiger partial charge in [-0.05, 0) is 54.4 Å². The van der Waals surface area contributed by atoms with Crippen molar-refractivity contribution in [2.75, 3.05) is 19.5 Å². The lowest BCUT2D eigenvalue weighted by atomic mass is 9.98. The predicted molar refractivity (Wildman–Crippen MR) is 114 cm³/mol. The predicted octanol–water partition coefficient (Wildman–Crippen LogP) is 4.66. The maximum Gasteiger partial charge on any atom is 0.258 e. The summed E-state index contributed by atoms with van der Waals surface area (Å²) in [7, 11) is 3.31. The van der Waals surface area contributed by atoms with E-state index < -0.39 is 0 Å². The van der Waals surface area contributed by atoms with Crippen molar-refractivity contribution in [2.45, 2.75) is 13.0 Å². The minimum Gasteiger partial charge on any atom is -0.497 e. The summed E-state index contributed by atoms with van der Waals surface area (Å²) >= 11 is 0. The van der Waals surface area contributed by atoms with Crippen molar-refractivity contribution in [1.82, 2.24) is 15.1 Å². The van der Waals surface area contributed by atoms with E-state index in [4.69, 9.17) is 14.0 Å². The van der Waals surface area contributed by atoms with Crippen molar-refractivity contribution in [3.63, 3.8) is 0 Å². The number of nitrogens with zero attached hydrogens (tertiary/aromatic N) is 3. The highest BCUT2D eigenvalue weighted by molar-refractivity contribution is 5.59. The van der Waals surface area contributed by atoms with Crippen LogP contribution in [0.2, 0.25) is 0 Å². The highest BCUT2D eigenvalue weighted by atomic mass is 16.5. The lowest BCUT2D eigenvalue weighted by molar-refractivity contribution is 0.413. The fourth-order valence-electron chi connectivity index (χ4n) is 3.21. The second-order valence-corrected chi connectivity index (χ2v) is 6.71. The Morgan fingerprint density at radius 2 is 1.57 bits per heavy atom. The fraction of sp³-hybridized carbons (Fsp3) is 0.174. The molecule has 0 saturated heterocycles. The molecule has 0 amide bonds. The Morgan fingerprint density at radius 3 is 2.13 bits per heavy atom. The molecule has 0 aliphatic carbocycles. The summed E-state index contributed by atoms with van der Waals surface area (Å²) in [6.45, 7) is 1.79. The largest absolute Gasteiger partial charge is 0.497 e. The first-order chi connectivity index (χ1) is 14.7. The number of methoxy groups -OCH3 is 2. The van der Waals surface area contributed by atoms with Crippen LogP contribution < -0.4 is 14.8 Å². The summed E-state index contributed by atoms with van der Waals surface area (Å²) in [4.78, 5) is 8.78. The Labute approximate surface area is 174 Å². The lowest BCUT2D eigenvalue weighted by Crippen LogP contribution is -2.13. The number of hydrogen-bond acceptors (Lipinski definition) is 7. The molecule has 2 heterocycles. The zero-order chi connectivity index (χ0) is 20.9. The maximum absolute atomic E-state index is 5.42. The number of nitrogens with one attached hydrogen (secondary N) is 1. The first kappa shape index (κ1) is 19.4. The Kier molecular flexibility index (Phi) is 5.61. The number of aromatic nitrogens is 3. The number of benzene rings is 2. The standard InChI is InChI=1S/C23H22N4O3/c1-15-25-23(30-27-15)18-10-11-24-21(14-18)26-22(16-6-4-8-19(12-16)28-2)17-7-5-9-20(13-17)29-3/h4-14,22H,1-3H3,(H,24,26). The van der Waals surface area contributed by atoms with Crippen LogP contribution in [0.5, 0.6) is 11.5 Å².